The van der Waals surface area contributed by atoms with E-state index >= 15 is 0 Å². The molecule has 0 bridgehead atoms. The van der Waals surface area contributed by atoms with Gasteiger partial charge in [0, 0.05) is 25.5 Å². The zero-order valence-electron chi connectivity index (χ0n) is 15.2. The zero-order chi connectivity index (χ0) is 17.7. The van der Waals surface area contributed by atoms with Gasteiger partial charge in [-0.3, -0.25) is 9.78 Å². The second-order valence-corrected chi connectivity index (χ2v) is 6.90. The van der Waals surface area contributed by atoms with E-state index < -0.39 is 0 Å². The van der Waals surface area contributed by atoms with Crippen LogP contribution in [0.25, 0.3) is 0 Å². The minimum atomic E-state index is -0.160. The van der Waals surface area contributed by atoms with Crippen molar-refractivity contribution in [3.05, 3.63) is 29.6 Å². The summed E-state index contributed by atoms with van der Waals surface area (Å²) >= 11 is 0. The van der Waals surface area contributed by atoms with Crippen LogP contribution in [0.4, 0.5) is 0 Å². The maximum Gasteiger partial charge on any atom is 0.248 e. The number of ether oxygens (including phenoxy) is 3. The Morgan fingerprint density at radius 1 is 1.40 bits per heavy atom. The zero-order valence-corrected chi connectivity index (χ0v) is 15.2. The molecule has 0 radical (unpaired) electrons. The van der Waals surface area contributed by atoms with Gasteiger partial charge < -0.3 is 19.1 Å². The summed E-state index contributed by atoms with van der Waals surface area (Å²) in [7, 11) is 0. The standard InChI is InChI=1S/C19H28N2O4/c1-3-23-12-18(22)21-13-19(14-21)16(8-10-25-19)7-9-24-11-17-6-4-5-15(2)20-17/h4-6,16H,3,7-14H2,1-2H3/t16-/m0/s1. The molecule has 1 atom stereocenters. The highest BCUT2D eigenvalue weighted by Crippen LogP contribution is 2.41. The lowest BCUT2D eigenvalue weighted by Crippen LogP contribution is -2.66. The maximum atomic E-state index is 12.0. The van der Waals surface area contributed by atoms with E-state index in [1.165, 1.54) is 0 Å². The first kappa shape index (κ1) is 18.3. The predicted molar refractivity (Wildman–Crippen MR) is 93.1 cm³/mol. The molecule has 0 saturated carbocycles. The summed E-state index contributed by atoms with van der Waals surface area (Å²) in [5.41, 5.74) is 1.82. The fraction of sp³-hybridized carbons (Fsp3) is 0.684. The van der Waals surface area contributed by atoms with Gasteiger partial charge in [0.2, 0.25) is 5.91 Å². The van der Waals surface area contributed by atoms with E-state index in [0.717, 1.165) is 30.8 Å². The minimum Gasteiger partial charge on any atom is -0.375 e. The molecule has 1 aromatic rings. The molecule has 0 aromatic carbocycles. The molecule has 3 heterocycles. The van der Waals surface area contributed by atoms with E-state index in [9.17, 15) is 4.79 Å². The van der Waals surface area contributed by atoms with Crippen LogP contribution in [-0.4, -0.2) is 60.9 Å². The molecular weight excluding hydrogens is 320 g/mol. The Morgan fingerprint density at radius 2 is 2.24 bits per heavy atom. The number of rotatable bonds is 8. The van der Waals surface area contributed by atoms with Crippen LogP contribution in [0.3, 0.4) is 0 Å². The van der Waals surface area contributed by atoms with Gasteiger partial charge in [-0.2, -0.15) is 0 Å². The molecule has 0 unspecified atom stereocenters. The first-order chi connectivity index (χ1) is 12.1. The number of amides is 1. The number of aromatic nitrogens is 1. The topological polar surface area (TPSA) is 60.9 Å². The fourth-order valence-electron chi connectivity index (χ4n) is 3.68. The lowest BCUT2D eigenvalue weighted by atomic mass is 9.79. The molecule has 6 nitrogen and oxygen atoms in total. The third-order valence-electron chi connectivity index (χ3n) is 5.11. The number of hydrogen-bond acceptors (Lipinski definition) is 5. The van der Waals surface area contributed by atoms with E-state index in [1.807, 2.05) is 36.9 Å². The summed E-state index contributed by atoms with van der Waals surface area (Å²) in [5, 5.41) is 0. The van der Waals surface area contributed by atoms with Crippen LogP contribution in [0, 0.1) is 12.8 Å². The monoisotopic (exact) mass is 348 g/mol. The largest absolute Gasteiger partial charge is 0.375 e. The summed E-state index contributed by atoms with van der Waals surface area (Å²) in [6.45, 7) is 8.00. The molecule has 0 N–H and O–H groups in total. The lowest BCUT2D eigenvalue weighted by molar-refractivity contribution is -0.169. The molecule has 2 saturated heterocycles. The van der Waals surface area contributed by atoms with Crippen molar-refractivity contribution in [3.63, 3.8) is 0 Å². The SMILES string of the molecule is CCOCC(=O)N1CC2(C1)OCC[C@@H]2CCOCc1cccc(C)n1. The quantitative estimate of drug-likeness (QED) is 0.672. The van der Waals surface area contributed by atoms with Gasteiger partial charge in [0.1, 0.15) is 12.2 Å². The molecule has 0 aliphatic carbocycles. The average Bonchev–Trinajstić information content (AvgIpc) is 2.99. The number of aryl methyl sites for hydroxylation is 1. The number of nitrogens with zero attached hydrogens (tertiary/aromatic N) is 2. The van der Waals surface area contributed by atoms with Crippen LogP contribution in [0.5, 0.6) is 0 Å². The van der Waals surface area contributed by atoms with Crippen molar-refractivity contribution >= 4 is 5.91 Å². The van der Waals surface area contributed by atoms with Gasteiger partial charge >= 0.3 is 0 Å². The molecule has 1 amide bonds. The Hall–Kier alpha value is -1.50. The van der Waals surface area contributed by atoms with Gasteiger partial charge in [0.05, 0.1) is 25.4 Å². The fourth-order valence-corrected chi connectivity index (χ4v) is 3.68. The number of hydrogen-bond donors (Lipinski definition) is 0. The Labute approximate surface area is 149 Å². The van der Waals surface area contributed by atoms with Gasteiger partial charge in [-0.05, 0) is 44.7 Å². The van der Waals surface area contributed by atoms with Crippen molar-refractivity contribution in [2.75, 3.05) is 39.5 Å². The highest BCUT2D eigenvalue weighted by Gasteiger charge is 2.53. The molecule has 138 valence electrons. The first-order valence-electron chi connectivity index (χ1n) is 9.13. The number of pyridine rings is 1. The number of likely N-dealkylation sites (tertiary alicyclic amines) is 1. The molecule has 2 aliphatic rings. The van der Waals surface area contributed by atoms with Gasteiger partial charge in [-0.1, -0.05) is 6.07 Å². The summed E-state index contributed by atoms with van der Waals surface area (Å²) in [5.74, 6) is 0.512. The highest BCUT2D eigenvalue weighted by molar-refractivity contribution is 5.78. The van der Waals surface area contributed by atoms with Crippen molar-refractivity contribution in [2.45, 2.75) is 38.9 Å². The van der Waals surface area contributed by atoms with Gasteiger partial charge in [0.25, 0.3) is 0 Å². The van der Waals surface area contributed by atoms with Crippen LogP contribution in [0.15, 0.2) is 18.2 Å². The highest BCUT2D eigenvalue weighted by atomic mass is 16.5. The summed E-state index contributed by atoms with van der Waals surface area (Å²) in [6.07, 6.45) is 2.00. The summed E-state index contributed by atoms with van der Waals surface area (Å²) in [6, 6.07) is 5.97. The smallest absolute Gasteiger partial charge is 0.248 e. The lowest BCUT2D eigenvalue weighted by Gasteiger charge is -2.50. The third-order valence-corrected chi connectivity index (χ3v) is 5.11. The van der Waals surface area contributed by atoms with Crippen LogP contribution >= 0.6 is 0 Å². The van der Waals surface area contributed by atoms with E-state index in [0.29, 0.717) is 38.8 Å². The van der Waals surface area contributed by atoms with Crippen molar-refractivity contribution in [1.29, 1.82) is 0 Å². The second kappa shape index (κ2) is 8.25. The van der Waals surface area contributed by atoms with E-state index in [1.54, 1.807) is 0 Å². The maximum absolute atomic E-state index is 12.0. The molecule has 1 aromatic heterocycles. The van der Waals surface area contributed by atoms with Gasteiger partial charge in [-0.15, -0.1) is 0 Å². The Balaban J connectivity index is 1.40. The van der Waals surface area contributed by atoms with Crippen LogP contribution in [0.1, 0.15) is 31.2 Å². The molecule has 3 rings (SSSR count). The first-order valence-corrected chi connectivity index (χ1v) is 9.13. The Kier molecular flexibility index (Phi) is 6.04. The number of carbonyl (C=O) groups is 1. The van der Waals surface area contributed by atoms with Crippen LogP contribution < -0.4 is 0 Å². The third kappa shape index (κ3) is 4.37. The molecule has 2 fully saturated rings. The van der Waals surface area contributed by atoms with E-state index in [-0.39, 0.29) is 18.1 Å². The molecule has 2 aliphatic heterocycles. The Bertz CT molecular complexity index is 587. The predicted octanol–water partition coefficient (Wildman–Crippen LogP) is 1.95. The summed E-state index contributed by atoms with van der Waals surface area (Å²) < 4.78 is 17.0. The molecule has 6 heteroatoms. The van der Waals surface area contributed by atoms with Gasteiger partial charge in [0.15, 0.2) is 0 Å². The van der Waals surface area contributed by atoms with Crippen molar-refractivity contribution in [2.24, 2.45) is 5.92 Å². The van der Waals surface area contributed by atoms with E-state index in [4.69, 9.17) is 14.2 Å². The normalized spacial score (nSPS) is 21.5. The van der Waals surface area contributed by atoms with Crippen molar-refractivity contribution in [3.8, 4) is 0 Å². The summed E-state index contributed by atoms with van der Waals surface area (Å²) in [4.78, 5) is 18.3. The van der Waals surface area contributed by atoms with Crippen molar-refractivity contribution < 1.29 is 19.0 Å². The molecular formula is C19H28N2O4. The van der Waals surface area contributed by atoms with Crippen LogP contribution in [0.2, 0.25) is 0 Å². The Morgan fingerprint density at radius 3 is 3.00 bits per heavy atom. The van der Waals surface area contributed by atoms with Gasteiger partial charge in [-0.25, -0.2) is 0 Å². The number of carbonyl (C=O) groups excluding carboxylic acids is 1. The van der Waals surface area contributed by atoms with E-state index in [2.05, 4.69) is 4.98 Å². The molecule has 1 spiro atoms. The van der Waals surface area contributed by atoms with Crippen molar-refractivity contribution in [1.82, 2.24) is 9.88 Å². The average molecular weight is 348 g/mol. The second-order valence-electron chi connectivity index (χ2n) is 6.90. The van der Waals surface area contributed by atoms with Crippen LogP contribution in [-0.2, 0) is 25.6 Å². The minimum absolute atomic E-state index is 0.0588. The molecule has 25 heavy (non-hydrogen) atoms.